The molecule has 2 aliphatic rings. The first-order chi connectivity index (χ1) is 47.0. The Morgan fingerprint density at radius 3 is 1.24 bits per heavy atom. The van der Waals surface area contributed by atoms with Crippen LogP contribution >= 0.6 is 68.0 Å². The van der Waals surface area contributed by atoms with Crippen molar-refractivity contribution in [1.82, 2.24) is 0 Å². The lowest BCUT2D eigenvalue weighted by Crippen LogP contribution is -2.01. The Morgan fingerprint density at radius 2 is 0.812 bits per heavy atom. The van der Waals surface area contributed by atoms with E-state index in [-0.39, 0.29) is 22.9 Å². The molecule has 0 saturated carbocycles. The molecule has 10 heteroatoms. The monoisotopic (exact) mass is 1390 g/mol. The highest BCUT2D eigenvalue weighted by atomic mass is 32.1. The maximum absolute atomic E-state index is 14.1. The minimum atomic E-state index is -0.950. The second kappa shape index (κ2) is 35.7. The Morgan fingerprint density at radius 1 is 0.406 bits per heavy atom. The molecule has 9 aromatic rings. The Kier molecular flexibility index (Phi) is 26.8. The van der Waals surface area contributed by atoms with Gasteiger partial charge in [-0.1, -0.05) is 257 Å². The van der Waals surface area contributed by atoms with Crippen molar-refractivity contribution in [2.24, 2.45) is 11.8 Å². The van der Waals surface area contributed by atoms with E-state index >= 15 is 0 Å². The van der Waals surface area contributed by atoms with Gasteiger partial charge in [0.2, 0.25) is 0 Å². The number of aliphatic hydroxyl groups is 1. The molecule has 0 fully saturated rings. The third kappa shape index (κ3) is 17.3. The van der Waals surface area contributed by atoms with Crippen LogP contribution in [0.5, 0.6) is 0 Å². The molecule has 96 heavy (non-hydrogen) atoms. The van der Waals surface area contributed by atoms with Gasteiger partial charge in [-0.3, -0.25) is 14.4 Å². The number of ketones is 3. The predicted octanol–water partition coefficient (Wildman–Crippen LogP) is 28.3. The Bertz CT molecular complexity index is 3970. The summed E-state index contributed by atoms with van der Waals surface area (Å²) in [5.41, 5.74) is 8.32. The molecule has 0 bridgehead atoms. The van der Waals surface area contributed by atoms with Crippen molar-refractivity contribution in [3.8, 4) is 40.4 Å². The molecular weight excluding hydrogens is 1290 g/mol. The maximum atomic E-state index is 14.1. The van der Waals surface area contributed by atoms with Crippen molar-refractivity contribution in [2.75, 3.05) is 0 Å². The van der Waals surface area contributed by atoms with Gasteiger partial charge in [-0.2, -0.15) is 0 Å². The van der Waals surface area contributed by atoms with Crippen molar-refractivity contribution in [1.29, 1.82) is 0 Å². The number of unbranched alkanes of at least 4 members (excludes halogenated alkanes) is 20. The second-order valence-electron chi connectivity index (χ2n) is 27.8. The normalized spacial score (nSPS) is 15.0. The standard InChI is InChI=1S/C86H104O4S6/c1-7-13-17-19-21-23-25-27-29-31-39-59-51-63(53-71-79(87)65-41-33-34-42-66(65)80(71)88)93-83(59)75-55-69-77(73-47-45-61(91-73)49-57(11-5)37-15-9-3)86-70(78(85(69)95-75)74-48-46-62(92-74)50-58(12-6)38-16-10-4)56-76(96-86)84-60(40-32-30-28-26-24-22-20-18-14-8-2)52-64(94-84)54-72-81(89)67-43-35-36-44-68(67)82(72)90/h33-36,41-48,51-58,79,87H,7-32,37-40,49-50H2,1-6H3/b71-53-. The van der Waals surface area contributed by atoms with Crippen LogP contribution in [-0.2, 0) is 25.7 Å². The summed E-state index contributed by atoms with van der Waals surface area (Å²) in [4.78, 5) is 54.7. The number of aliphatic hydroxyl groups excluding tert-OH is 1. The molecular formula is C86H104O4S6. The molecule has 0 amide bonds. The van der Waals surface area contributed by atoms with E-state index in [1.54, 1.807) is 34.8 Å². The number of allylic oxidation sites excluding steroid dienone is 1. The fourth-order valence-corrected chi connectivity index (χ4v) is 22.4. The minimum absolute atomic E-state index is 0.0801. The average Bonchev–Trinajstić information content (AvgIpc) is 1.55. The van der Waals surface area contributed by atoms with Gasteiger partial charge in [0.15, 0.2) is 17.3 Å². The zero-order chi connectivity index (χ0) is 66.9. The van der Waals surface area contributed by atoms with E-state index in [0.29, 0.717) is 39.7 Å². The molecule has 3 aromatic carbocycles. The third-order valence-electron chi connectivity index (χ3n) is 20.6. The highest BCUT2D eigenvalue weighted by Gasteiger charge is 2.35. The van der Waals surface area contributed by atoms with Gasteiger partial charge in [-0.05, 0) is 128 Å². The van der Waals surface area contributed by atoms with Crippen molar-refractivity contribution in [2.45, 2.75) is 253 Å². The molecule has 3 atom stereocenters. The predicted molar refractivity (Wildman–Crippen MR) is 422 cm³/mol. The van der Waals surface area contributed by atoms with Gasteiger partial charge in [0, 0.05) is 102 Å². The van der Waals surface area contributed by atoms with Crippen molar-refractivity contribution >= 4 is 118 Å². The quantitative estimate of drug-likeness (QED) is 0.0236. The minimum Gasteiger partial charge on any atom is -0.383 e. The number of benzene rings is 3. The van der Waals surface area contributed by atoms with Gasteiger partial charge in [0.25, 0.3) is 0 Å². The summed E-state index contributed by atoms with van der Waals surface area (Å²) in [6.07, 6.45) is 42.4. The van der Waals surface area contributed by atoms with Crippen molar-refractivity contribution in [3.05, 3.63) is 161 Å². The van der Waals surface area contributed by atoms with Crippen molar-refractivity contribution in [3.63, 3.8) is 0 Å². The SMILES string of the molecule is CCCCCCCCCCCCc1cc(C=C2C(=O)c3ccccc3C2=O)sc1-c1cc2c(-c3ccc(CC(CC)CCCC)s3)c3sc(-c4sc(/C=C5\C(=O)c6ccccc6C5O)cc4CCCCCCCCCCCC)cc3c(-c3ccc(CC(CC)CCCC)s3)c2s1. The van der Waals surface area contributed by atoms with Crippen LogP contribution in [0.3, 0.4) is 0 Å². The maximum Gasteiger partial charge on any atom is 0.197 e. The molecule has 2 aliphatic carbocycles. The summed E-state index contributed by atoms with van der Waals surface area (Å²) in [6.45, 7) is 13.9. The summed E-state index contributed by atoms with van der Waals surface area (Å²) in [5.74, 6) is 0.864. The summed E-state index contributed by atoms with van der Waals surface area (Å²) >= 11 is 11.4. The number of Topliss-reactive ketones (excluding diaryl/α,β-unsaturated/α-hetero) is 3. The van der Waals surface area contributed by atoms with Crippen LogP contribution in [0.2, 0.25) is 0 Å². The lowest BCUT2D eigenvalue weighted by molar-refractivity contribution is 0.0986. The molecule has 3 unspecified atom stereocenters. The Hall–Kier alpha value is -5.17. The van der Waals surface area contributed by atoms with Gasteiger partial charge in [0.1, 0.15) is 6.10 Å². The lowest BCUT2D eigenvalue weighted by atomic mass is 9.95. The molecule has 11 rings (SSSR count). The molecule has 0 radical (unpaired) electrons. The van der Waals surface area contributed by atoms with Crippen LogP contribution in [-0.4, -0.2) is 22.5 Å². The number of aryl methyl sites for hydroxylation is 2. The Balaban J connectivity index is 1.06. The molecule has 508 valence electrons. The van der Waals surface area contributed by atoms with E-state index in [1.807, 2.05) is 93.9 Å². The van der Waals surface area contributed by atoms with Crippen LogP contribution in [0.15, 0.2) is 108 Å². The number of carbonyl (C=O) groups is 3. The molecule has 0 aliphatic heterocycles. The van der Waals surface area contributed by atoms with E-state index in [1.165, 1.54) is 248 Å². The number of hydrogen-bond acceptors (Lipinski definition) is 10. The molecule has 0 saturated heterocycles. The third-order valence-corrected chi connectivity index (χ3v) is 27.8. The molecule has 6 aromatic heterocycles. The highest BCUT2D eigenvalue weighted by Crippen LogP contribution is 2.56. The number of fused-ring (bicyclic) bond motifs is 4. The smallest absolute Gasteiger partial charge is 0.197 e. The van der Waals surface area contributed by atoms with Crippen LogP contribution < -0.4 is 0 Å². The van der Waals surface area contributed by atoms with Crippen LogP contribution in [0, 0.1) is 11.8 Å². The van der Waals surface area contributed by atoms with E-state index < -0.39 is 6.10 Å². The largest absolute Gasteiger partial charge is 0.383 e. The van der Waals surface area contributed by atoms with E-state index in [2.05, 4.69) is 90.1 Å². The fourth-order valence-electron chi connectivity index (χ4n) is 14.9. The number of carbonyl (C=O) groups excluding carboxylic acids is 3. The number of thiophene rings is 6. The van der Waals surface area contributed by atoms with Crippen LogP contribution in [0.4, 0.5) is 0 Å². The summed E-state index contributed by atoms with van der Waals surface area (Å²) < 4.78 is 2.64. The van der Waals surface area contributed by atoms with Crippen LogP contribution in [0.1, 0.15) is 295 Å². The van der Waals surface area contributed by atoms with Gasteiger partial charge in [-0.25, -0.2) is 0 Å². The lowest BCUT2D eigenvalue weighted by Gasteiger charge is -2.13. The van der Waals surface area contributed by atoms with E-state index in [4.69, 9.17) is 0 Å². The Labute approximate surface area is 598 Å². The zero-order valence-electron chi connectivity index (χ0n) is 58.4. The van der Waals surface area contributed by atoms with Gasteiger partial charge < -0.3 is 5.11 Å². The molecule has 4 nitrogen and oxygen atoms in total. The molecule has 1 N–H and O–H groups in total. The molecule has 0 spiro atoms. The highest BCUT2D eigenvalue weighted by molar-refractivity contribution is 7.29. The summed E-state index contributed by atoms with van der Waals surface area (Å²) in [6, 6.07) is 34.4. The first kappa shape index (κ1) is 72.1. The van der Waals surface area contributed by atoms with Crippen LogP contribution in [0.25, 0.3) is 72.7 Å². The second-order valence-corrected chi connectivity index (χ2v) is 34.4. The number of hydrogen-bond donors (Lipinski definition) is 1. The fraction of sp³-hybridized carbons (Fsp3) is 0.477. The summed E-state index contributed by atoms with van der Waals surface area (Å²) in [7, 11) is 0. The topological polar surface area (TPSA) is 71.4 Å². The number of rotatable bonds is 40. The summed E-state index contributed by atoms with van der Waals surface area (Å²) in [5, 5.41) is 14.3. The van der Waals surface area contributed by atoms with Gasteiger partial charge >= 0.3 is 0 Å². The molecule has 6 heterocycles. The van der Waals surface area contributed by atoms with Crippen molar-refractivity contribution < 1.29 is 19.5 Å². The first-order valence-corrected chi connectivity index (χ1v) is 42.3. The zero-order valence-corrected chi connectivity index (χ0v) is 63.3. The van der Waals surface area contributed by atoms with Gasteiger partial charge in [-0.15, -0.1) is 68.0 Å². The van der Waals surface area contributed by atoms with E-state index in [0.717, 1.165) is 48.3 Å². The first-order valence-electron chi connectivity index (χ1n) is 37.4. The van der Waals surface area contributed by atoms with Gasteiger partial charge in [0.05, 0.1) is 5.57 Å². The average molecular weight is 1390 g/mol. The van der Waals surface area contributed by atoms with E-state index in [9.17, 15) is 19.5 Å².